The summed E-state index contributed by atoms with van der Waals surface area (Å²) in [5, 5.41) is 14.0. The minimum Gasteiger partial charge on any atom is -0.324 e. The highest BCUT2D eigenvalue weighted by atomic mass is 31.2. The van der Waals surface area contributed by atoms with Crippen molar-refractivity contribution in [1.82, 2.24) is 15.3 Å². The first-order chi connectivity index (χ1) is 13.7. The van der Waals surface area contributed by atoms with Crippen LogP contribution in [0.4, 0.5) is 5.69 Å². The summed E-state index contributed by atoms with van der Waals surface area (Å²) in [6.07, 6.45) is 0. The van der Waals surface area contributed by atoms with Crippen LogP contribution in [0.25, 0.3) is 11.0 Å². The van der Waals surface area contributed by atoms with Gasteiger partial charge in [-0.1, -0.05) is 30.3 Å². The number of non-ortho nitro benzene ring substituents is 1. The van der Waals surface area contributed by atoms with Gasteiger partial charge in [0.05, 0.1) is 21.6 Å². The molecule has 5 N–H and O–H groups in total. The molecule has 11 nitrogen and oxygen atoms in total. The first-order valence-electron chi connectivity index (χ1n) is 8.41. The van der Waals surface area contributed by atoms with Crippen LogP contribution in [0, 0.1) is 10.1 Å². The van der Waals surface area contributed by atoms with Crippen molar-refractivity contribution in [3.8, 4) is 0 Å². The molecular weight excluding hydrogens is 403 g/mol. The Morgan fingerprint density at radius 2 is 1.76 bits per heavy atom. The lowest BCUT2D eigenvalue weighted by atomic mass is 10.1. The Hall–Kier alpha value is -3.11. The van der Waals surface area contributed by atoms with Gasteiger partial charge < -0.3 is 25.1 Å². The van der Waals surface area contributed by atoms with E-state index in [1.807, 2.05) is 0 Å². The van der Waals surface area contributed by atoms with Crippen molar-refractivity contribution in [2.24, 2.45) is 0 Å². The molecule has 0 saturated heterocycles. The largest absolute Gasteiger partial charge is 0.334 e. The maximum Gasteiger partial charge on any atom is 0.334 e. The molecule has 3 rings (SSSR count). The molecule has 0 bridgehead atoms. The molecule has 1 heterocycles. The third kappa shape index (κ3) is 4.66. The highest BCUT2D eigenvalue weighted by Gasteiger charge is 2.30. The summed E-state index contributed by atoms with van der Waals surface area (Å²) in [4.78, 5) is 57.7. The summed E-state index contributed by atoms with van der Waals surface area (Å²) < 4.78 is 11.9. The van der Waals surface area contributed by atoms with Crippen LogP contribution in [0.5, 0.6) is 0 Å². The highest BCUT2D eigenvalue weighted by molar-refractivity contribution is 7.52. The lowest BCUT2D eigenvalue weighted by Crippen LogP contribution is -2.29. The average molecular weight is 420 g/mol. The van der Waals surface area contributed by atoms with Crippen LogP contribution in [0.15, 0.2) is 52.1 Å². The van der Waals surface area contributed by atoms with E-state index in [0.29, 0.717) is 11.1 Å². The van der Waals surface area contributed by atoms with Crippen LogP contribution in [-0.4, -0.2) is 31.2 Å². The van der Waals surface area contributed by atoms with Gasteiger partial charge in [-0.15, -0.1) is 0 Å². The van der Waals surface area contributed by atoms with Gasteiger partial charge in [0.1, 0.15) is 0 Å². The van der Waals surface area contributed by atoms with Crippen LogP contribution >= 0.6 is 7.60 Å². The van der Waals surface area contributed by atoms with E-state index >= 15 is 0 Å². The fourth-order valence-corrected chi connectivity index (χ4v) is 3.90. The number of nitrogens with zero attached hydrogens (tertiary/aromatic N) is 1. The zero-order valence-electron chi connectivity index (χ0n) is 14.9. The van der Waals surface area contributed by atoms with E-state index in [4.69, 9.17) is 0 Å². The number of fused-ring (bicyclic) bond motifs is 1. The third-order valence-electron chi connectivity index (χ3n) is 4.35. The standard InChI is InChI=1S/C17H17N4O7P/c22-16-17(23)20-15-11(6-12(21(24)25)7-13(15)19-16)8-18-9-14(29(26,27)28)10-4-2-1-3-5-10/h1-7,14,18H,8-9H2,(H,19,22)(H,20,23)(H2,26,27,28). The topological polar surface area (TPSA) is 178 Å². The van der Waals surface area contributed by atoms with Gasteiger partial charge in [0.2, 0.25) is 0 Å². The van der Waals surface area contributed by atoms with Crippen LogP contribution < -0.4 is 16.4 Å². The predicted molar refractivity (Wildman–Crippen MR) is 105 cm³/mol. The van der Waals surface area contributed by atoms with Gasteiger partial charge in [0.15, 0.2) is 0 Å². The number of H-pyrrole nitrogens is 2. The van der Waals surface area contributed by atoms with Crippen molar-refractivity contribution in [3.63, 3.8) is 0 Å². The third-order valence-corrected chi connectivity index (χ3v) is 5.64. The van der Waals surface area contributed by atoms with Crippen LogP contribution in [0.2, 0.25) is 0 Å². The Labute approximate surface area is 162 Å². The molecule has 0 aliphatic carbocycles. The number of nitrogens with one attached hydrogen (secondary N) is 3. The van der Waals surface area contributed by atoms with Gasteiger partial charge >= 0.3 is 18.7 Å². The molecule has 2 aromatic carbocycles. The van der Waals surface area contributed by atoms with Crippen molar-refractivity contribution in [1.29, 1.82) is 0 Å². The lowest BCUT2D eigenvalue weighted by Gasteiger charge is -2.19. The van der Waals surface area contributed by atoms with Crippen LogP contribution in [0.1, 0.15) is 16.8 Å². The second kappa shape index (κ2) is 8.10. The second-order valence-corrected chi connectivity index (χ2v) is 8.14. The summed E-state index contributed by atoms with van der Waals surface area (Å²) in [7, 11) is -4.48. The van der Waals surface area contributed by atoms with Crippen molar-refractivity contribution in [2.45, 2.75) is 12.2 Å². The fraction of sp³-hybridized carbons (Fsp3) is 0.176. The van der Waals surface area contributed by atoms with Gasteiger partial charge in [-0.05, 0) is 11.1 Å². The Morgan fingerprint density at radius 1 is 1.10 bits per heavy atom. The molecule has 1 atom stereocenters. The first-order valence-corrected chi connectivity index (χ1v) is 10.1. The number of nitro benzene ring substituents is 1. The van der Waals surface area contributed by atoms with Gasteiger partial charge in [0, 0.05) is 25.2 Å². The molecule has 0 amide bonds. The Balaban J connectivity index is 1.92. The smallest absolute Gasteiger partial charge is 0.324 e. The summed E-state index contributed by atoms with van der Waals surface area (Å²) in [5.74, 6) is 0. The highest BCUT2D eigenvalue weighted by Crippen LogP contribution is 2.51. The van der Waals surface area contributed by atoms with Crippen molar-refractivity contribution in [3.05, 3.63) is 84.4 Å². The van der Waals surface area contributed by atoms with E-state index in [1.165, 1.54) is 6.07 Å². The van der Waals surface area contributed by atoms with E-state index in [2.05, 4.69) is 15.3 Å². The van der Waals surface area contributed by atoms with Crippen LogP contribution in [0.3, 0.4) is 0 Å². The molecule has 0 aliphatic rings. The molecule has 12 heteroatoms. The zero-order valence-corrected chi connectivity index (χ0v) is 15.8. The molecule has 3 aromatic rings. The molecule has 0 radical (unpaired) electrons. The van der Waals surface area contributed by atoms with Gasteiger partial charge in [-0.25, -0.2) is 0 Å². The second-order valence-electron chi connectivity index (χ2n) is 6.34. The maximum atomic E-state index is 11.9. The average Bonchev–Trinajstić information content (AvgIpc) is 2.65. The van der Waals surface area contributed by atoms with E-state index in [0.717, 1.165) is 6.07 Å². The minimum atomic E-state index is -4.48. The Kier molecular flexibility index (Phi) is 5.76. The number of rotatable bonds is 7. The molecule has 0 fully saturated rings. The number of aromatic nitrogens is 2. The van der Waals surface area contributed by atoms with E-state index < -0.39 is 29.3 Å². The predicted octanol–water partition coefficient (Wildman–Crippen LogP) is 1.13. The number of aromatic amines is 2. The number of hydrogen-bond donors (Lipinski definition) is 5. The maximum absolute atomic E-state index is 11.9. The SMILES string of the molecule is O=c1[nH]c2cc([N+](=O)[O-])cc(CNCC(c3ccccc3)P(=O)(O)O)c2[nH]c1=O. The minimum absolute atomic E-state index is 0.0382. The number of benzene rings is 2. The molecule has 1 unspecified atom stereocenters. The zero-order chi connectivity index (χ0) is 21.2. The van der Waals surface area contributed by atoms with E-state index in [1.54, 1.807) is 30.3 Å². The van der Waals surface area contributed by atoms with Crippen molar-refractivity contribution < 1.29 is 19.3 Å². The summed E-state index contributed by atoms with van der Waals surface area (Å²) >= 11 is 0. The fourth-order valence-electron chi connectivity index (χ4n) is 2.98. The van der Waals surface area contributed by atoms with Crippen LogP contribution in [-0.2, 0) is 11.1 Å². The van der Waals surface area contributed by atoms with Gasteiger partial charge in [0.25, 0.3) is 5.69 Å². The van der Waals surface area contributed by atoms with Gasteiger partial charge in [-0.3, -0.25) is 24.3 Å². The Bertz CT molecular complexity index is 1220. The summed E-state index contributed by atoms with van der Waals surface area (Å²) in [5.41, 5.74) is -2.27. The lowest BCUT2D eigenvalue weighted by molar-refractivity contribution is -0.384. The molecule has 152 valence electrons. The monoisotopic (exact) mass is 420 g/mol. The van der Waals surface area contributed by atoms with E-state index in [-0.39, 0.29) is 29.8 Å². The van der Waals surface area contributed by atoms with E-state index in [9.17, 15) is 34.1 Å². The summed E-state index contributed by atoms with van der Waals surface area (Å²) in [6.45, 7) is -0.157. The molecular formula is C17H17N4O7P. The Morgan fingerprint density at radius 3 is 2.38 bits per heavy atom. The summed E-state index contributed by atoms with van der Waals surface area (Å²) in [6, 6.07) is 10.6. The molecule has 29 heavy (non-hydrogen) atoms. The van der Waals surface area contributed by atoms with Gasteiger partial charge in [-0.2, -0.15) is 0 Å². The van der Waals surface area contributed by atoms with Crippen molar-refractivity contribution in [2.75, 3.05) is 6.54 Å². The quantitative estimate of drug-likeness (QED) is 0.163. The van der Waals surface area contributed by atoms with Crippen molar-refractivity contribution >= 4 is 24.3 Å². The molecule has 0 aliphatic heterocycles. The normalized spacial score (nSPS) is 12.8. The molecule has 0 saturated carbocycles. The number of hydrogen-bond acceptors (Lipinski definition) is 6. The molecule has 1 aromatic heterocycles. The number of nitro groups is 1. The first kappa shape index (κ1) is 20.6. The molecule has 0 spiro atoms.